The lowest BCUT2D eigenvalue weighted by molar-refractivity contribution is 0.166. The second-order valence-electron chi connectivity index (χ2n) is 11.3. The van der Waals surface area contributed by atoms with E-state index >= 15 is 0 Å². The molecule has 0 saturated carbocycles. The Labute approximate surface area is 243 Å². The number of nitrogens with zero attached hydrogens (tertiary/aromatic N) is 1. The number of hydrogen-bond acceptors (Lipinski definition) is 4. The minimum atomic E-state index is -2.82. The molecular formula is C35H37NO4Si. The van der Waals surface area contributed by atoms with Crippen LogP contribution in [-0.4, -0.2) is 32.0 Å². The molecule has 0 bridgehead atoms. The predicted octanol–water partition coefficient (Wildman–Crippen LogP) is 7.02. The summed E-state index contributed by atoms with van der Waals surface area (Å²) in [6.07, 6.45) is 6.11. The summed E-state index contributed by atoms with van der Waals surface area (Å²) in [5.41, 5.74) is 4.33. The zero-order valence-electron chi connectivity index (χ0n) is 23.9. The monoisotopic (exact) mass is 563 g/mol. The van der Waals surface area contributed by atoms with Gasteiger partial charge < -0.3 is 13.6 Å². The van der Waals surface area contributed by atoms with Gasteiger partial charge in [-0.2, -0.15) is 0 Å². The van der Waals surface area contributed by atoms with Crippen LogP contribution in [0.3, 0.4) is 0 Å². The Hall–Kier alpha value is -4.09. The molecule has 0 radical (unpaired) electrons. The Morgan fingerprint density at radius 3 is 2.10 bits per heavy atom. The predicted molar refractivity (Wildman–Crippen MR) is 165 cm³/mol. The Kier molecular flexibility index (Phi) is 8.74. The number of cyclic esters (lactones) is 1. The van der Waals surface area contributed by atoms with Gasteiger partial charge in [0, 0.05) is 6.42 Å². The number of ether oxygens (including phenoxy) is 1. The molecule has 4 aromatic rings. The molecule has 2 heterocycles. The number of carbonyl (C=O) groups is 1. The minimum absolute atomic E-state index is 0.173. The van der Waals surface area contributed by atoms with Crippen LogP contribution < -0.4 is 10.4 Å². The SMILES string of the molecule is CC(C)(C)[Si](OC(C=C=CN1C(=O)OC[C@H]1c1ccccc1)CCc1ccco1)(c1ccccc1)c1ccccc1. The highest BCUT2D eigenvalue weighted by atomic mass is 28.4. The summed E-state index contributed by atoms with van der Waals surface area (Å²) in [5.74, 6) is 0.908. The van der Waals surface area contributed by atoms with Crippen molar-refractivity contribution in [1.82, 2.24) is 4.90 Å². The number of furan rings is 1. The standard InChI is InChI=1S/C35H37NO4Si/c1-35(2,3)41(31-19-9-5-10-20-31,32-21-11-6-12-22-32)40-30(24-23-29-18-14-26-38-29)17-13-25-36-33(27-39-34(36)37)28-15-7-4-8-16-28/h4-12,14-22,25-26,30,33H,23-24,27H2,1-3H3/t13?,30?,33-/m0/s1. The Morgan fingerprint density at radius 2 is 1.54 bits per heavy atom. The van der Waals surface area contributed by atoms with Crippen molar-refractivity contribution in [3.05, 3.63) is 139 Å². The van der Waals surface area contributed by atoms with E-state index < -0.39 is 8.32 Å². The largest absolute Gasteiger partial charge is 0.469 e. The van der Waals surface area contributed by atoms with Gasteiger partial charge >= 0.3 is 6.09 Å². The third-order valence-corrected chi connectivity index (χ3v) is 12.7. The first-order chi connectivity index (χ1) is 19.9. The van der Waals surface area contributed by atoms with Crippen LogP contribution in [0.4, 0.5) is 4.79 Å². The van der Waals surface area contributed by atoms with Gasteiger partial charge in [0.15, 0.2) is 0 Å². The second kappa shape index (κ2) is 12.6. The number of rotatable bonds is 10. The third kappa shape index (κ3) is 6.31. The molecule has 1 amide bonds. The lowest BCUT2D eigenvalue weighted by Crippen LogP contribution is -2.67. The molecule has 1 fully saturated rings. The maximum Gasteiger partial charge on any atom is 0.415 e. The first-order valence-corrected chi connectivity index (χ1v) is 16.0. The molecule has 1 aromatic heterocycles. The quantitative estimate of drug-likeness (QED) is 0.154. The molecule has 1 unspecified atom stereocenters. The molecular weight excluding hydrogens is 526 g/mol. The lowest BCUT2D eigenvalue weighted by Gasteiger charge is -2.44. The van der Waals surface area contributed by atoms with Crippen molar-refractivity contribution in [1.29, 1.82) is 0 Å². The van der Waals surface area contributed by atoms with E-state index in [-0.39, 0.29) is 23.3 Å². The van der Waals surface area contributed by atoms with Gasteiger partial charge in [0.25, 0.3) is 8.32 Å². The van der Waals surface area contributed by atoms with Crippen LogP contribution >= 0.6 is 0 Å². The van der Waals surface area contributed by atoms with E-state index in [1.165, 1.54) is 10.4 Å². The van der Waals surface area contributed by atoms with E-state index in [1.807, 2.05) is 60.7 Å². The molecule has 41 heavy (non-hydrogen) atoms. The highest BCUT2D eigenvalue weighted by Crippen LogP contribution is 2.38. The first-order valence-electron chi connectivity index (χ1n) is 14.1. The van der Waals surface area contributed by atoms with Gasteiger partial charge in [-0.05, 0) is 45.6 Å². The molecule has 0 aliphatic carbocycles. The molecule has 1 saturated heterocycles. The van der Waals surface area contributed by atoms with Crippen molar-refractivity contribution in [2.75, 3.05) is 6.61 Å². The molecule has 1 aliphatic heterocycles. The van der Waals surface area contributed by atoms with Crippen LogP contribution in [0.15, 0.2) is 132 Å². The summed E-state index contributed by atoms with van der Waals surface area (Å²) >= 11 is 0. The zero-order chi connectivity index (χ0) is 28.7. The van der Waals surface area contributed by atoms with Gasteiger partial charge in [0.2, 0.25) is 0 Å². The first kappa shape index (κ1) is 28.4. The second-order valence-corrected chi connectivity index (χ2v) is 15.6. The highest BCUT2D eigenvalue weighted by Gasteiger charge is 2.51. The van der Waals surface area contributed by atoms with Gasteiger partial charge in [-0.1, -0.05) is 112 Å². The number of carbonyl (C=O) groups excluding carboxylic acids is 1. The smallest absolute Gasteiger partial charge is 0.415 e. The molecule has 0 N–H and O–H groups in total. The van der Waals surface area contributed by atoms with E-state index in [1.54, 1.807) is 17.4 Å². The van der Waals surface area contributed by atoms with Crippen molar-refractivity contribution in [2.45, 2.75) is 50.8 Å². The van der Waals surface area contributed by atoms with Gasteiger partial charge in [-0.15, -0.1) is 5.73 Å². The maximum absolute atomic E-state index is 12.6. The van der Waals surface area contributed by atoms with E-state index in [0.29, 0.717) is 19.4 Å². The molecule has 5 nitrogen and oxygen atoms in total. The van der Waals surface area contributed by atoms with E-state index in [2.05, 4.69) is 75.0 Å². The van der Waals surface area contributed by atoms with Crippen LogP contribution in [0.5, 0.6) is 0 Å². The Balaban J connectivity index is 1.53. The van der Waals surface area contributed by atoms with E-state index in [4.69, 9.17) is 13.6 Å². The van der Waals surface area contributed by atoms with Crippen molar-refractivity contribution >= 4 is 24.8 Å². The Bertz CT molecular complexity index is 1420. The zero-order valence-corrected chi connectivity index (χ0v) is 24.9. The van der Waals surface area contributed by atoms with Crippen molar-refractivity contribution in [3.8, 4) is 0 Å². The summed E-state index contributed by atoms with van der Waals surface area (Å²) in [6.45, 7) is 7.12. The number of amides is 1. The molecule has 6 heteroatoms. The minimum Gasteiger partial charge on any atom is -0.469 e. The van der Waals surface area contributed by atoms with Crippen molar-refractivity contribution in [3.63, 3.8) is 0 Å². The van der Waals surface area contributed by atoms with Gasteiger partial charge in [-0.3, -0.25) is 4.90 Å². The Morgan fingerprint density at radius 1 is 0.927 bits per heavy atom. The molecule has 2 atom stereocenters. The summed E-state index contributed by atoms with van der Waals surface area (Å²) in [5, 5.41) is 2.26. The maximum atomic E-state index is 12.6. The molecule has 3 aromatic carbocycles. The number of hydrogen-bond donors (Lipinski definition) is 0. The summed E-state index contributed by atoms with van der Waals surface area (Å²) in [7, 11) is -2.82. The fraction of sp³-hybridized carbons (Fsp3) is 0.257. The average Bonchev–Trinajstić information content (AvgIpc) is 3.65. The fourth-order valence-corrected chi connectivity index (χ4v) is 10.2. The topological polar surface area (TPSA) is 51.9 Å². The van der Waals surface area contributed by atoms with Crippen LogP contribution in [0.25, 0.3) is 0 Å². The van der Waals surface area contributed by atoms with Crippen LogP contribution in [0.2, 0.25) is 5.04 Å². The summed E-state index contributed by atoms with van der Waals surface area (Å²) < 4.78 is 18.5. The lowest BCUT2D eigenvalue weighted by atomic mass is 10.1. The van der Waals surface area contributed by atoms with Crippen LogP contribution in [-0.2, 0) is 15.6 Å². The van der Waals surface area contributed by atoms with Crippen LogP contribution in [0.1, 0.15) is 44.6 Å². The molecule has 1 aliphatic rings. The third-order valence-electron chi connectivity index (χ3n) is 7.59. The van der Waals surface area contributed by atoms with Gasteiger partial charge in [0.1, 0.15) is 12.4 Å². The van der Waals surface area contributed by atoms with Crippen LogP contribution in [0, 0.1) is 0 Å². The average molecular weight is 564 g/mol. The fourth-order valence-electron chi connectivity index (χ4n) is 5.57. The molecule has 210 valence electrons. The van der Waals surface area contributed by atoms with Gasteiger partial charge in [-0.25, -0.2) is 4.79 Å². The highest BCUT2D eigenvalue weighted by molar-refractivity contribution is 6.99. The van der Waals surface area contributed by atoms with Gasteiger partial charge in [0.05, 0.1) is 24.6 Å². The normalized spacial score (nSPS) is 16.1. The summed E-state index contributed by atoms with van der Waals surface area (Å²) in [6, 6.07) is 34.9. The van der Waals surface area contributed by atoms with Crippen molar-refractivity contribution < 1.29 is 18.4 Å². The van der Waals surface area contributed by atoms with E-state index in [0.717, 1.165) is 11.3 Å². The van der Waals surface area contributed by atoms with Crippen molar-refractivity contribution in [2.24, 2.45) is 0 Å². The number of aryl methyl sites for hydroxylation is 1. The summed E-state index contributed by atoms with van der Waals surface area (Å²) in [4.78, 5) is 14.2. The molecule has 5 rings (SSSR count). The molecule has 0 spiro atoms. The number of benzene rings is 3. The van der Waals surface area contributed by atoms with E-state index in [9.17, 15) is 4.79 Å².